The molecule has 2 aromatic carbocycles. The third-order valence-electron chi connectivity index (χ3n) is 4.14. The monoisotopic (exact) mass is 297 g/mol. The molecule has 2 heterocycles. The van der Waals surface area contributed by atoms with Gasteiger partial charge >= 0.3 is 0 Å². The average molecular weight is 298 g/mol. The summed E-state index contributed by atoms with van der Waals surface area (Å²) in [5.74, 6) is 0.987. The number of fused-ring (bicyclic) bond motifs is 2. The van der Waals surface area contributed by atoms with Crippen LogP contribution in [0.4, 0.5) is 5.69 Å². The van der Waals surface area contributed by atoms with E-state index in [4.69, 9.17) is 16.6 Å². The Morgan fingerprint density at radius 1 is 1.19 bits per heavy atom. The van der Waals surface area contributed by atoms with Crippen molar-refractivity contribution in [3.05, 3.63) is 47.0 Å². The number of aromatic nitrogens is 2. The highest BCUT2D eigenvalue weighted by atomic mass is 35.5. The first-order valence-corrected chi connectivity index (χ1v) is 7.59. The molecule has 3 nitrogen and oxygen atoms in total. The predicted octanol–water partition coefficient (Wildman–Crippen LogP) is 4.25. The van der Waals surface area contributed by atoms with Gasteiger partial charge in [-0.3, -0.25) is 0 Å². The number of anilines is 1. The molecule has 0 saturated heterocycles. The molecule has 0 atom stereocenters. The fourth-order valence-electron chi connectivity index (χ4n) is 3.05. The zero-order valence-corrected chi connectivity index (χ0v) is 12.6. The Morgan fingerprint density at radius 3 is 3.00 bits per heavy atom. The molecule has 1 aliphatic heterocycles. The molecular weight excluding hydrogens is 282 g/mol. The molecule has 0 fully saturated rings. The van der Waals surface area contributed by atoms with E-state index in [1.54, 1.807) is 0 Å². The molecule has 1 N–H and O–H groups in total. The van der Waals surface area contributed by atoms with Crippen LogP contribution in [0.2, 0.25) is 5.02 Å². The maximum absolute atomic E-state index is 6.06. The van der Waals surface area contributed by atoms with Gasteiger partial charge in [0.25, 0.3) is 0 Å². The lowest BCUT2D eigenvalue weighted by Gasteiger charge is -2.18. The van der Waals surface area contributed by atoms with Crippen LogP contribution in [0.25, 0.3) is 22.4 Å². The van der Waals surface area contributed by atoms with Crippen LogP contribution in [0.15, 0.2) is 36.4 Å². The van der Waals surface area contributed by atoms with Crippen molar-refractivity contribution >= 4 is 28.3 Å². The van der Waals surface area contributed by atoms with Crippen LogP contribution in [0, 0.1) is 0 Å². The number of hydrogen-bond donors (Lipinski definition) is 1. The highest BCUT2D eigenvalue weighted by molar-refractivity contribution is 6.31. The fourth-order valence-corrected chi connectivity index (χ4v) is 3.21. The SMILES string of the molecule is Cn1c(-c2ccc3c(c2)CCCN3)nc2cc(Cl)ccc21. The van der Waals surface area contributed by atoms with Gasteiger partial charge in [-0.1, -0.05) is 11.6 Å². The quantitative estimate of drug-likeness (QED) is 0.727. The lowest BCUT2D eigenvalue weighted by atomic mass is 10.0. The molecule has 0 radical (unpaired) electrons. The van der Waals surface area contributed by atoms with Gasteiger partial charge in [0, 0.05) is 29.9 Å². The molecule has 0 unspecified atom stereocenters. The first-order valence-electron chi connectivity index (χ1n) is 7.21. The van der Waals surface area contributed by atoms with E-state index >= 15 is 0 Å². The molecule has 106 valence electrons. The molecule has 0 saturated carbocycles. The van der Waals surface area contributed by atoms with Gasteiger partial charge in [0.2, 0.25) is 0 Å². The Bertz CT molecular complexity index is 835. The number of benzene rings is 2. The number of halogens is 1. The largest absolute Gasteiger partial charge is 0.385 e. The van der Waals surface area contributed by atoms with Gasteiger partial charge in [-0.05, 0) is 54.8 Å². The van der Waals surface area contributed by atoms with Gasteiger partial charge in [0.15, 0.2) is 0 Å². The van der Waals surface area contributed by atoms with Gasteiger partial charge in [0.05, 0.1) is 11.0 Å². The topological polar surface area (TPSA) is 29.9 Å². The summed E-state index contributed by atoms with van der Waals surface area (Å²) in [6, 6.07) is 12.4. The number of imidazole rings is 1. The fraction of sp³-hybridized carbons (Fsp3) is 0.235. The van der Waals surface area contributed by atoms with E-state index in [9.17, 15) is 0 Å². The van der Waals surface area contributed by atoms with Crippen LogP contribution in [-0.4, -0.2) is 16.1 Å². The van der Waals surface area contributed by atoms with Crippen molar-refractivity contribution in [3.63, 3.8) is 0 Å². The van der Waals surface area contributed by atoms with E-state index in [2.05, 4.69) is 35.1 Å². The third kappa shape index (κ3) is 2.09. The normalized spacial score (nSPS) is 14.0. The molecule has 0 bridgehead atoms. The van der Waals surface area contributed by atoms with Crippen molar-refractivity contribution in [1.29, 1.82) is 0 Å². The summed E-state index contributed by atoms with van der Waals surface area (Å²) in [4.78, 5) is 4.75. The van der Waals surface area contributed by atoms with Crippen molar-refractivity contribution in [3.8, 4) is 11.4 Å². The van der Waals surface area contributed by atoms with Crippen LogP contribution in [0.5, 0.6) is 0 Å². The highest BCUT2D eigenvalue weighted by Gasteiger charge is 2.14. The third-order valence-corrected chi connectivity index (χ3v) is 4.38. The van der Waals surface area contributed by atoms with Crippen LogP contribution < -0.4 is 5.32 Å². The minimum atomic E-state index is 0.724. The second-order valence-corrected chi connectivity index (χ2v) is 5.97. The van der Waals surface area contributed by atoms with Crippen molar-refractivity contribution in [2.45, 2.75) is 12.8 Å². The van der Waals surface area contributed by atoms with Gasteiger partial charge in [-0.25, -0.2) is 4.98 Å². The van der Waals surface area contributed by atoms with Crippen molar-refractivity contribution in [2.24, 2.45) is 7.05 Å². The Labute approximate surface area is 128 Å². The Balaban J connectivity index is 1.88. The van der Waals surface area contributed by atoms with E-state index in [0.29, 0.717) is 0 Å². The summed E-state index contributed by atoms with van der Waals surface area (Å²) in [6.45, 7) is 1.07. The van der Waals surface area contributed by atoms with Gasteiger partial charge in [-0.2, -0.15) is 0 Å². The lowest BCUT2D eigenvalue weighted by molar-refractivity contribution is 0.830. The summed E-state index contributed by atoms with van der Waals surface area (Å²) >= 11 is 6.06. The Morgan fingerprint density at radius 2 is 2.10 bits per heavy atom. The number of aryl methyl sites for hydroxylation is 2. The minimum Gasteiger partial charge on any atom is -0.385 e. The summed E-state index contributed by atoms with van der Waals surface area (Å²) in [5, 5.41) is 4.17. The van der Waals surface area contributed by atoms with Crippen LogP contribution in [0.1, 0.15) is 12.0 Å². The highest BCUT2D eigenvalue weighted by Crippen LogP contribution is 2.30. The van der Waals surface area contributed by atoms with E-state index in [1.165, 1.54) is 17.7 Å². The Kier molecular flexibility index (Phi) is 2.89. The first kappa shape index (κ1) is 12.7. The lowest BCUT2D eigenvalue weighted by Crippen LogP contribution is -2.11. The van der Waals surface area contributed by atoms with E-state index < -0.39 is 0 Å². The van der Waals surface area contributed by atoms with E-state index in [1.807, 2.05) is 18.2 Å². The molecule has 4 heteroatoms. The Hall–Kier alpha value is -2.00. The molecule has 3 aromatic rings. The molecule has 0 spiro atoms. The maximum Gasteiger partial charge on any atom is 0.140 e. The second kappa shape index (κ2) is 4.78. The van der Waals surface area contributed by atoms with Crippen LogP contribution >= 0.6 is 11.6 Å². The molecule has 4 rings (SSSR count). The zero-order valence-electron chi connectivity index (χ0n) is 11.9. The molecule has 1 aromatic heterocycles. The minimum absolute atomic E-state index is 0.724. The number of rotatable bonds is 1. The number of hydrogen-bond acceptors (Lipinski definition) is 2. The van der Waals surface area contributed by atoms with Gasteiger partial charge in [-0.15, -0.1) is 0 Å². The van der Waals surface area contributed by atoms with Crippen molar-refractivity contribution in [2.75, 3.05) is 11.9 Å². The zero-order chi connectivity index (χ0) is 14.4. The van der Waals surface area contributed by atoms with E-state index in [0.717, 1.165) is 40.4 Å². The summed E-state index contributed by atoms with van der Waals surface area (Å²) in [6.07, 6.45) is 2.32. The molecule has 21 heavy (non-hydrogen) atoms. The molecule has 1 aliphatic rings. The number of nitrogens with one attached hydrogen (secondary N) is 1. The summed E-state index contributed by atoms with van der Waals surface area (Å²) in [5.41, 5.74) is 5.84. The van der Waals surface area contributed by atoms with Crippen molar-refractivity contribution in [1.82, 2.24) is 9.55 Å². The van der Waals surface area contributed by atoms with E-state index in [-0.39, 0.29) is 0 Å². The smallest absolute Gasteiger partial charge is 0.140 e. The van der Waals surface area contributed by atoms with Gasteiger partial charge in [0.1, 0.15) is 5.82 Å². The average Bonchev–Trinajstić information content (AvgIpc) is 2.83. The predicted molar refractivity (Wildman–Crippen MR) is 88.0 cm³/mol. The standard InChI is InChI=1S/C17H16ClN3/c1-21-16-7-5-13(18)10-15(16)20-17(21)12-4-6-14-11(9-12)3-2-8-19-14/h4-7,9-10,19H,2-3,8H2,1H3. The summed E-state index contributed by atoms with van der Waals surface area (Å²) in [7, 11) is 2.05. The molecular formula is C17H16ClN3. The van der Waals surface area contributed by atoms with Crippen LogP contribution in [0.3, 0.4) is 0 Å². The molecule has 0 aliphatic carbocycles. The first-order chi connectivity index (χ1) is 10.2. The van der Waals surface area contributed by atoms with Crippen molar-refractivity contribution < 1.29 is 0 Å². The molecule has 0 amide bonds. The summed E-state index contributed by atoms with van der Waals surface area (Å²) < 4.78 is 2.13. The maximum atomic E-state index is 6.06. The second-order valence-electron chi connectivity index (χ2n) is 5.53. The number of nitrogens with zero attached hydrogens (tertiary/aromatic N) is 2. The van der Waals surface area contributed by atoms with Crippen LogP contribution in [-0.2, 0) is 13.5 Å². The van der Waals surface area contributed by atoms with Gasteiger partial charge < -0.3 is 9.88 Å².